The first kappa shape index (κ1) is 19.0. The van der Waals surface area contributed by atoms with Crippen LogP contribution in [0.25, 0.3) is 0 Å². The van der Waals surface area contributed by atoms with Gasteiger partial charge in [-0.25, -0.2) is 4.98 Å². The molecule has 26 heavy (non-hydrogen) atoms. The molecular weight excluding hydrogens is 348 g/mol. The molecule has 0 radical (unpaired) electrons. The van der Waals surface area contributed by atoms with Gasteiger partial charge in [-0.1, -0.05) is 29.8 Å². The van der Waals surface area contributed by atoms with E-state index in [-0.39, 0.29) is 11.9 Å². The minimum absolute atomic E-state index is 0.130. The van der Waals surface area contributed by atoms with Crippen LogP contribution >= 0.6 is 11.3 Å². The minimum atomic E-state index is -0.130. The van der Waals surface area contributed by atoms with Gasteiger partial charge in [0.2, 0.25) is 0 Å². The van der Waals surface area contributed by atoms with Crippen molar-refractivity contribution in [1.82, 2.24) is 15.2 Å². The molecule has 1 aromatic carbocycles. The molecule has 0 bridgehead atoms. The second kappa shape index (κ2) is 9.23. The summed E-state index contributed by atoms with van der Waals surface area (Å²) in [5.74, 6) is -0.130. The molecule has 3 rings (SSSR count). The second-order valence-corrected chi connectivity index (χ2v) is 7.39. The van der Waals surface area contributed by atoms with E-state index in [0.717, 1.165) is 31.3 Å². The number of carbonyl (C=O) groups is 1. The summed E-state index contributed by atoms with van der Waals surface area (Å²) in [7, 11) is 0. The van der Waals surface area contributed by atoms with Gasteiger partial charge in [0.15, 0.2) is 0 Å². The Balaban J connectivity index is 1.68. The summed E-state index contributed by atoms with van der Waals surface area (Å²) in [5, 5.41) is 5.76. The quantitative estimate of drug-likeness (QED) is 0.772. The number of amides is 1. The lowest BCUT2D eigenvalue weighted by Crippen LogP contribution is -2.43. The fourth-order valence-electron chi connectivity index (χ4n) is 3.07. The molecule has 6 nitrogen and oxygen atoms in total. The van der Waals surface area contributed by atoms with E-state index in [0.29, 0.717) is 25.2 Å². The summed E-state index contributed by atoms with van der Waals surface area (Å²) in [6, 6.07) is 8.65. The van der Waals surface area contributed by atoms with E-state index in [1.54, 1.807) is 5.38 Å². The van der Waals surface area contributed by atoms with Crippen LogP contribution in [0.1, 0.15) is 32.7 Å². The van der Waals surface area contributed by atoms with E-state index in [1.165, 1.54) is 22.5 Å². The van der Waals surface area contributed by atoms with E-state index in [4.69, 9.17) is 10.5 Å². The molecule has 2 aromatic rings. The molecule has 1 amide bonds. The zero-order valence-corrected chi connectivity index (χ0v) is 15.9. The molecule has 0 aliphatic carbocycles. The number of aromatic nitrogens is 1. The maximum Gasteiger partial charge on any atom is 0.270 e. The number of benzene rings is 1. The lowest BCUT2D eigenvalue weighted by Gasteiger charge is -2.35. The molecule has 0 saturated carbocycles. The van der Waals surface area contributed by atoms with Crippen molar-refractivity contribution in [1.29, 1.82) is 0 Å². The molecule has 2 heterocycles. The Hall–Kier alpha value is -1.80. The van der Waals surface area contributed by atoms with E-state index in [9.17, 15) is 4.79 Å². The summed E-state index contributed by atoms with van der Waals surface area (Å²) in [6.45, 7) is 6.36. The third-order valence-corrected chi connectivity index (χ3v) is 5.46. The third-order valence-electron chi connectivity index (χ3n) is 4.55. The van der Waals surface area contributed by atoms with Crippen molar-refractivity contribution in [2.75, 3.05) is 39.4 Å². The van der Waals surface area contributed by atoms with Crippen LogP contribution in [0.4, 0.5) is 0 Å². The first-order chi connectivity index (χ1) is 12.7. The number of nitrogens with two attached hydrogens (primary N) is 1. The van der Waals surface area contributed by atoms with Gasteiger partial charge in [-0.2, -0.15) is 0 Å². The number of carbonyl (C=O) groups excluding carboxylic acids is 1. The number of nitrogens with zero attached hydrogens (tertiary/aromatic N) is 2. The van der Waals surface area contributed by atoms with Crippen molar-refractivity contribution < 1.29 is 9.53 Å². The van der Waals surface area contributed by atoms with E-state index in [2.05, 4.69) is 46.4 Å². The van der Waals surface area contributed by atoms with E-state index >= 15 is 0 Å². The number of aryl methyl sites for hydroxylation is 1. The summed E-state index contributed by atoms with van der Waals surface area (Å²) >= 11 is 1.48. The number of thiazole rings is 1. The molecule has 1 fully saturated rings. The lowest BCUT2D eigenvalue weighted by molar-refractivity contribution is 0.0162. The third kappa shape index (κ3) is 4.88. The predicted octanol–water partition coefficient (Wildman–Crippen LogP) is 1.76. The van der Waals surface area contributed by atoms with Crippen LogP contribution < -0.4 is 11.1 Å². The Morgan fingerprint density at radius 3 is 2.77 bits per heavy atom. The van der Waals surface area contributed by atoms with Crippen LogP contribution in [0.5, 0.6) is 0 Å². The van der Waals surface area contributed by atoms with Gasteiger partial charge < -0.3 is 15.8 Å². The predicted molar refractivity (Wildman–Crippen MR) is 104 cm³/mol. The maximum absolute atomic E-state index is 12.5. The smallest absolute Gasteiger partial charge is 0.270 e. The van der Waals surface area contributed by atoms with Crippen molar-refractivity contribution >= 4 is 17.2 Å². The molecule has 0 spiro atoms. The highest BCUT2D eigenvalue weighted by atomic mass is 32.1. The Bertz CT molecular complexity index is 711. The maximum atomic E-state index is 12.5. The summed E-state index contributed by atoms with van der Waals surface area (Å²) in [6.07, 6.45) is 0.706. The van der Waals surface area contributed by atoms with Gasteiger partial charge in [0.05, 0.1) is 24.3 Å². The van der Waals surface area contributed by atoms with Crippen molar-refractivity contribution in [2.24, 2.45) is 5.73 Å². The second-order valence-electron chi connectivity index (χ2n) is 6.45. The normalized spacial score (nSPS) is 16.4. The number of ether oxygens (including phenoxy) is 1. The van der Waals surface area contributed by atoms with Gasteiger partial charge in [-0.15, -0.1) is 11.3 Å². The number of hydrogen-bond acceptors (Lipinski definition) is 6. The van der Waals surface area contributed by atoms with Gasteiger partial charge in [-0.3, -0.25) is 9.69 Å². The topological polar surface area (TPSA) is 80.5 Å². The lowest BCUT2D eigenvalue weighted by atomic mass is 10.0. The number of hydrogen-bond donors (Lipinski definition) is 2. The molecule has 1 atom stereocenters. The van der Waals surface area contributed by atoms with Crippen LogP contribution in [-0.2, 0) is 11.2 Å². The molecule has 1 unspecified atom stereocenters. The fraction of sp³-hybridized carbons (Fsp3) is 0.474. The Morgan fingerprint density at radius 2 is 2.08 bits per heavy atom. The number of nitrogens with one attached hydrogen (secondary N) is 1. The van der Waals surface area contributed by atoms with Crippen LogP contribution in [-0.4, -0.2) is 55.2 Å². The highest BCUT2D eigenvalue weighted by Crippen LogP contribution is 2.22. The SMILES string of the molecule is Cc1ccc(C(CNC(=O)c2csc(CCN)n2)N2CCOCC2)cc1. The molecule has 3 N–H and O–H groups in total. The monoisotopic (exact) mass is 374 g/mol. The molecular formula is C19H26N4O2S. The minimum Gasteiger partial charge on any atom is -0.379 e. The first-order valence-corrected chi connectivity index (χ1v) is 9.86. The zero-order chi connectivity index (χ0) is 18.4. The average Bonchev–Trinajstić information content (AvgIpc) is 3.13. The van der Waals surface area contributed by atoms with Gasteiger partial charge in [0.25, 0.3) is 5.91 Å². The highest BCUT2D eigenvalue weighted by molar-refractivity contribution is 7.09. The van der Waals surface area contributed by atoms with Crippen LogP contribution in [0.3, 0.4) is 0 Å². The summed E-state index contributed by atoms with van der Waals surface area (Å²) < 4.78 is 5.48. The highest BCUT2D eigenvalue weighted by Gasteiger charge is 2.23. The van der Waals surface area contributed by atoms with E-state index < -0.39 is 0 Å². The molecule has 1 saturated heterocycles. The van der Waals surface area contributed by atoms with Crippen molar-refractivity contribution in [3.63, 3.8) is 0 Å². The molecule has 1 aromatic heterocycles. The fourth-order valence-corrected chi connectivity index (χ4v) is 3.86. The van der Waals surface area contributed by atoms with Gasteiger partial charge in [-0.05, 0) is 19.0 Å². The van der Waals surface area contributed by atoms with Crippen molar-refractivity contribution in [3.8, 4) is 0 Å². The largest absolute Gasteiger partial charge is 0.379 e. The van der Waals surface area contributed by atoms with Gasteiger partial charge in [0, 0.05) is 31.4 Å². The Kier molecular flexibility index (Phi) is 6.73. The first-order valence-electron chi connectivity index (χ1n) is 8.98. The Labute approximate surface area is 158 Å². The summed E-state index contributed by atoms with van der Waals surface area (Å²) in [5.41, 5.74) is 8.47. The molecule has 140 valence electrons. The summed E-state index contributed by atoms with van der Waals surface area (Å²) in [4.78, 5) is 19.2. The van der Waals surface area contributed by atoms with Crippen LogP contribution in [0, 0.1) is 6.92 Å². The van der Waals surface area contributed by atoms with E-state index in [1.807, 2.05) is 0 Å². The van der Waals surface area contributed by atoms with Crippen molar-refractivity contribution in [3.05, 3.63) is 51.5 Å². The van der Waals surface area contributed by atoms with Gasteiger partial charge >= 0.3 is 0 Å². The van der Waals surface area contributed by atoms with Crippen LogP contribution in [0.15, 0.2) is 29.6 Å². The zero-order valence-electron chi connectivity index (χ0n) is 15.1. The Morgan fingerprint density at radius 1 is 1.35 bits per heavy atom. The van der Waals surface area contributed by atoms with Crippen molar-refractivity contribution in [2.45, 2.75) is 19.4 Å². The number of rotatable bonds is 7. The molecule has 1 aliphatic heterocycles. The van der Waals surface area contributed by atoms with Gasteiger partial charge in [0.1, 0.15) is 5.69 Å². The molecule has 7 heteroatoms. The average molecular weight is 375 g/mol. The van der Waals surface area contributed by atoms with Crippen LogP contribution in [0.2, 0.25) is 0 Å². The standard InChI is InChI=1S/C19H26N4O2S/c1-14-2-4-15(5-3-14)17(23-8-10-25-11-9-23)12-21-19(24)16-13-26-18(22-16)6-7-20/h2-5,13,17H,6-12,20H2,1H3,(H,21,24). The number of morpholine rings is 1. The molecule has 1 aliphatic rings.